The van der Waals surface area contributed by atoms with E-state index in [0.717, 1.165) is 5.52 Å². The first kappa shape index (κ1) is 26.2. The second kappa shape index (κ2) is 9.24. The van der Waals surface area contributed by atoms with Gasteiger partial charge in [0, 0.05) is 0 Å². The second-order valence-electron chi connectivity index (χ2n) is 13.4. The Balaban J connectivity index is 1.28. The molecule has 3 aromatic heterocycles. The van der Waals surface area contributed by atoms with Crippen LogP contribution < -0.4 is 0 Å². The van der Waals surface area contributed by atoms with Crippen LogP contribution in [0.2, 0.25) is 0 Å². The average molecular weight is 686 g/mol. The Hall–Kier alpha value is -5.73. The van der Waals surface area contributed by atoms with E-state index in [1.807, 2.05) is 6.20 Å². The van der Waals surface area contributed by atoms with Gasteiger partial charge in [-0.15, -0.1) is 0 Å². The van der Waals surface area contributed by atoms with Crippen molar-refractivity contribution in [3.63, 3.8) is 0 Å². The maximum atomic E-state index is 5.04. The van der Waals surface area contributed by atoms with Crippen LogP contribution in [0.3, 0.4) is 0 Å². The zero-order valence-electron chi connectivity index (χ0n) is 26.3. The van der Waals surface area contributed by atoms with Gasteiger partial charge in [0.1, 0.15) is 0 Å². The number of aromatic nitrogens is 2. The molecule has 0 fully saturated rings. The van der Waals surface area contributed by atoms with Crippen molar-refractivity contribution in [2.45, 2.75) is 5.41 Å². The number of benzene rings is 7. The van der Waals surface area contributed by atoms with Crippen molar-refractivity contribution in [3.05, 3.63) is 180 Å². The number of rotatable bonds is 1. The van der Waals surface area contributed by atoms with E-state index >= 15 is 0 Å². The topological polar surface area (TPSA) is 17.8 Å². The first-order chi connectivity index (χ1) is 24.3. The summed E-state index contributed by atoms with van der Waals surface area (Å²) in [6.07, 6.45) is 1.96. The normalized spacial score (nSPS) is 13.9. The molecule has 0 aliphatic heterocycles. The molecule has 0 saturated heterocycles. The van der Waals surface area contributed by atoms with Crippen LogP contribution >= 0.6 is 0 Å². The summed E-state index contributed by atoms with van der Waals surface area (Å²) >= 11 is 0.176. The third-order valence-electron chi connectivity index (χ3n) is 11.2. The third kappa shape index (κ3) is 3.08. The monoisotopic (exact) mass is 686 g/mol. The molecule has 0 unspecified atom stereocenters. The summed E-state index contributed by atoms with van der Waals surface area (Å²) in [4.78, 5) is 5.04. The molecule has 3 heteroatoms. The zero-order valence-corrected chi connectivity index (χ0v) is 28.0. The molecule has 0 radical (unpaired) electrons. The number of hydrogen-bond donors (Lipinski definition) is 0. The quantitative estimate of drug-likeness (QED) is 0.157. The summed E-state index contributed by atoms with van der Waals surface area (Å²) in [5.74, 6) is 0. The number of fused-ring (bicyclic) bond motifs is 20. The molecule has 0 atom stereocenters. The standard InChI is InChI=1S/C46H26N2Se/c1-6-18-35-28(12-1)29-13-2-7-19-36(29)46(35)37-20-8-3-14-30(37)31-24-23-27(26-38(31)46)48-39-21-9-4-15-32(39)41-34-17-11-25-47-43(34)45-42(44(41)48)33-16-5-10-22-40(33)49-45/h1-26H. The molecule has 2 nitrogen and oxygen atoms in total. The molecule has 3 heterocycles. The van der Waals surface area contributed by atoms with E-state index in [-0.39, 0.29) is 19.9 Å². The molecular formula is C46H26N2Se. The summed E-state index contributed by atoms with van der Waals surface area (Å²) < 4.78 is 5.39. The third-order valence-corrected chi connectivity index (χ3v) is 13.7. The van der Waals surface area contributed by atoms with E-state index in [4.69, 9.17) is 4.98 Å². The Morgan fingerprint density at radius 3 is 1.82 bits per heavy atom. The zero-order chi connectivity index (χ0) is 31.8. The van der Waals surface area contributed by atoms with E-state index in [0.29, 0.717) is 0 Å². The van der Waals surface area contributed by atoms with Gasteiger partial charge in [0.15, 0.2) is 0 Å². The molecule has 0 saturated carbocycles. The van der Waals surface area contributed by atoms with Crippen molar-refractivity contribution >= 4 is 66.5 Å². The molecule has 226 valence electrons. The summed E-state index contributed by atoms with van der Waals surface area (Å²) in [5.41, 5.74) is 15.3. The van der Waals surface area contributed by atoms with Gasteiger partial charge < -0.3 is 0 Å². The number of hydrogen-bond acceptors (Lipinski definition) is 1. The van der Waals surface area contributed by atoms with Gasteiger partial charge in [-0.25, -0.2) is 0 Å². The molecule has 2 aliphatic rings. The van der Waals surface area contributed by atoms with Gasteiger partial charge >= 0.3 is 290 Å². The van der Waals surface area contributed by atoms with Crippen LogP contribution in [0.15, 0.2) is 158 Å². The van der Waals surface area contributed by atoms with Crippen LogP contribution in [0.1, 0.15) is 22.3 Å². The van der Waals surface area contributed by atoms with Crippen LogP contribution in [0, 0.1) is 0 Å². The molecule has 1 spiro atoms. The fourth-order valence-corrected chi connectivity index (χ4v) is 12.0. The predicted octanol–water partition coefficient (Wildman–Crippen LogP) is 11.0. The van der Waals surface area contributed by atoms with Crippen LogP contribution in [0.4, 0.5) is 0 Å². The van der Waals surface area contributed by atoms with E-state index in [2.05, 4.69) is 156 Å². The van der Waals surface area contributed by atoms with Crippen molar-refractivity contribution in [3.8, 4) is 27.9 Å². The SMILES string of the molecule is c1ccc2c(c1)-c1ccccc1C21c2ccccc2-c2ccc(-n3c4ccccc4c4c5cccnc5c5[se]c6ccccc6c5c43)cc21. The second-order valence-corrected chi connectivity index (χ2v) is 15.6. The van der Waals surface area contributed by atoms with Gasteiger partial charge in [-0.3, -0.25) is 0 Å². The minimum atomic E-state index is -0.387. The van der Waals surface area contributed by atoms with Crippen LogP contribution in [-0.4, -0.2) is 24.1 Å². The fourth-order valence-electron chi connectivity index (χ4n) is 9.47. The van der Waals surface area contributed by atoms with Crippen molar-refractivity contribution in [1.29, 1.82) is 0 Å². The number of pyridine rings is 1. The first-order valence-electron chi connectivity index (χ1n) is 16.9. The van der Waals surface area contributed by atoms with Crippen molar-refractivity contribution in [1.82, 2.24) is 9.55 Å². The van der Waals surface area contributed by atoms with Gasteiger partial charge in [0.2, 0.25) is 0 Å². The van der Waals surface area contributed by atoms with Crippen molar-refractivity contribution < 1.29 is 0 Å². The number of nitrogens with zero attached hydrogens (tertiary/aromatic N) is 2. The minimum absolute atomic E-state index is 0.176. The molecule has 0 amide bonds. The van der Waals surface area contributed by atoms with Crippen LogP contribution in [-0.2, 0) is 5.41 Å². The molecule has 49 heavy (non-hydrogen) atoms. The molecule has 0 N–H and O–H groups in total. The number of para-hydroxylation sites is 1. The Morgan fingerprint density at radius 1 is 0.490 bits per heavy atom. The Morgan fingerprint density at radius 2 is 1.08 bits per heavy atom. The van der Waals surface area contributed by atoms with Crippen LogP contribution in [0.5, 0.6) is 0 Å². The predicted molar refractivity (Wildman–Crippen MR) is 204 cm³/mol. The van der Waals surface area contributed by atoms with E-state index in [1.165, 1.54) is 96.7 Å². The molecule has 12 rings (SSSR count). The van der Waals surface area contributed by atoms with E-state index in [9.17, 15) is 0 Å². The summed E-state index contributed by atoms with van der Waals surface area (Å²) in [6, 6.07) is 56.8. The van der Waals surface area contributed by atoms with Gasteiger partial charge in [0.05, 0.1) is 0 Å². The molecular weight excluding hydrogens is 659 g/mol. The maximum absolute atomic E-state index is 5.04. The average Bonchev–Trinajstić information content (AvgIpc) is 3.89. The molecule has 2 aliphatic carbocycles. The van der Waals surface area contributed by atoms with Gasteiger partial charge in [-0.1, -0.05) is 0 Å². The van der Waals surface area contributed by atoms with E-state index in [1.54, 1.807) is 0 Å². The van der Waals surface area contributed by atoms with Crippen molar-refractivity contribution in [2.75, 3.05) is 0 Å². The summed E-state index contributed by atoms with van der Waals surface area (Å²) in [7, 11) is 0. The van der Waals surface area contributed by atoms with Crippen LogP contribution in [0.25, 0.3) is 79.9 Å². The summed E-state index contributed by atoms with van der Waals surface area (Å²) in [6.45, 7) is 0. The Bertz CT molecular complexity index is 3000. The Labute approximate surface area is 288 Å². The van der Waals surface area contributed by atoms with Gasteiger partial charge in [-0.05, 0) is 0 Å². The summed E-state index contributed by atoms with van der Waals surface area (Å²) in [5, 5.41) is 6.50. The van der Waals surface area contributed by atoms with Gasteiger partial charge in [-0.2, -0.15) is 0 Å². The fraction of sp³-hybridized carbons (Fsp3) is 0.0217. The van der Waals surface area contributed by atoms with E-state index < -0.39 is 0 Å². The Kier molecular flexibility index (Phi) is 4.95. The van der Waals surface area contributed by atoms with Crippen molar-refractivity contribution in [2.24, 2.45) is 0 Å². The first-order valence-corrected chi connectivity index (χ1v) is 18.6. The van der Waals surface area contributed by atoms with Gasteiger partial charge in [0.25, 0.3) is 0 Å². The molecule has 7 aromatic carbocycles. The molecule has 0 bridgehead atoms. The molecule has 10 aromatic rings.